The molecule has 250 valence electrons. The fourth-order valence-electron chi connectivity index (χ4n) is 8.74. The smallest absolute Gasteiger partial charge is 0.235 e. The Morgan fingerprint density at radius 1 is 0.389 bits per heavy atom. The van der Waals surface area contributed by atoms with Crippen LogP contribution in [0, 0.1) is 0 Å². The van der Waals surface area contributed by atoms with E-state index in [1.54, 1.807) is 0 Å². The summed E-state index contributed by atoms with van der Waals surface area (Å²) in [4.78, 5) is 11.0. The van der Waals surface area contributed by atoms with Gasteiger partial charge in [0.25, 0.3) is 0 Å². The van der Waals surface area contributed by atoms with E-state index < -0.39 is 0 Å². The van der Waals surface area contributed by atoms with Crippen LogP contribution in [0.25, 0.3) is 115 Å². The van der Waals surface area contributed by atoms with Gasteiger partial charge in [0, 0.05) is 48.8 Å². The Morgan fingerprint density at radius 3 is 1.85 bits per heavy atom. The highest BCUT2D eigenvalue weighted by molar-refractivity contribution is 6.23. The largest absolute Gasteiger partial charge is 0.456 e. The Balaban J connectivity index is 1.24. The lowest BCUT2D eigenvalue weighted by Crippen LogP contribution is -2.05. The van der Waals surface area contributed by atoms with Gasteiger partial charge in [0.2, 0.25) is 5.95 Å². The number of nitrogens with zero attached hydrogens (tertiary/aromatic N) is 3. The third-order valence-corrected chi connectivity index (χ3v) is 11.2. The zero-order chi connectivity index (χ0) is 35.3. The zero-order valence-corrected chi connectivity index (χ0v) is 29.0. The van der Waals surface area contributed by atoms with Crippen LogP contribution in [0.1, 0.15) is 0 Å². The van der Waals surface area contributed by atoms with Crippen molar-refractivity contribution >= 4 is 87.0 Å². The minimum Gasteiger partial charge on any atom is -0.456 e. The lowest BCUT2D eigenvalue weighted by Gasteiger charge is -2.15. The summed E-state index contributed by atoms with van der Waals surface area (Å²) >= 11 is 0. The summed E-state index contributed by atoms with van der Waals surface area (Å²) in [6.07, 6.45) is 0. The van der Waals surface area contributed by atoms with E-state index in [1.807, 2.05) is 0 Å². The number of furan rings is 1. The molecule has 12 aromatic rings. The molecule has 0 amide bonds. The topological polar surface area (TPSA) is 43.9 Å². The molecule has 4 heteroatoms. The summed E-state index contributed by atoms with van der Waals surface area (Å²) in [5.74, 6) is 0.641. The Kier molecular flexibility index (Phi) is 6.02. The molecule has 0 saturated carbocycles. The van der Waals surface area contributed by atoms with Crippen LogP contribution < -0.4 is 0 Å². The number of fused-ring (bicyclic) bond motifs is 13. The second kappa shape index (κ2) is 11.1. The molecule has 12 rings (SSSR count). The lowest BCUT2D eigenvalue weighted by atomic mass is 9.98. The summed E-state index contributed by atoms with van der Waals surface area (Å²) in [6.45, 7) is 0. The predicted octanol–water partition coefficient (Wildman–Crippen LogP) is 13.4. The average Bonchev–Trinajstić information content (AvgIpc) is 3.80. The first-order chi connectivity index (χ1) is 26.8. The van der Waals surface area contributed by atoms with Gasteiger partial charge in [-0.05, 0) is 51.4 Å². The molecule has 4 nitrogen and oxygen atoms in total. The Bertz CT molecular complexity index is 3500. The molecule has 3 aromatic heterocycles. The molecule has 0 saturated heterocycles. The molecule has 0 atom stereocenters. The quantitative estimate of drug-likeness (QED) is 0.174. The average molecular weight is 688 g/mol. The third kappa shape index (κ3) is 4.13. The van der Waals surface area contributed by atoms with E-state index in [0.29, 0.717) is 5.95 Å². The van der Waals surface area contributed by atoms with E-state index in [4.69, 9.17) is 14.4 Å². The molecule has 0 N–H and O–H groups in total. The van der Waals surface area contributed by atoms with Crippen LogP contribution >= 0.6 is 0 Å². The standard InChI is InChI=1S/C50H29N3O/c1-2-14-33(15-3-1)46-41-26-22-31-12-5-8-17-36(31)47(41)52-50(51-46)53-48-37-18-9-6-13-32(37)21-25-40(48)39-20-10-19-38(49(39)53)34-24-27-43-42(29-34)45-35-16-7-4-11-30(35)23-28-44(45)54-43/h1-29H. The fraction of sp³-hybridized carbons (Fsp3) is 0. The van der Waals surface area contributed by atoms with Crippen molar-refractivity contribution in [1.82, 2.24) is 14.5 Å². The van der Waals surface area contributed by atoms with Gasteiger partial charge in [-0.3, -0.25) is 4.57 Å². The molecule has 0 spiro atoms. The van der Waals surface area contributed by atoms with Crippen molar-refractivity contribution < 1.29 is 4.42 Å². The number of aromatic nitrogens is 3. The SMILES string of the molecule is c1ccc(-c2nc(-n3c4c(-c5ccc6oc7ccc8ccccc8c7c6c5)cccc4c4ccc5ccccc5c43)nc3c2ccc2ccccc23)cc1. The fourth-order valence-corrected chi connectivity index (χ4v) is 8.74. The Labute approximate surface area is 309 Å². The van der Waals surface area contributed by atoms with Crippen molar-refractivity contribution in [1.29, 1.82) is 0 Å². The molecule has 0 aliphatic rings. The van der Waals surface area contributed by atoms with E-state index >= 15 is 0 Å². The molecular weight excluding hydrogens is 659 g/mol. The van der Waals surface area contributed by atoms with Crippen LogP contribution in [0.3, 0.4) is 0 Å². The van der Waals surface area contributed by atoms with Crippen molar-refractivity contribution in [3.63, 3.8) is 0 Å². The number of para-hydroxylation sites is 1. The molecular formula is C50H29N3O. The van der Waals surface area contributed by atoms with Gasteiger partial charge in [-0.15, -0.1) is 0 Å². The molecule has 0 aliphatic carbocycles. The molecule has 0 fully saturated rings. The van der Waals surface area contributed by atoms with Gasteiger partial charge in [0.1, 0.15) is 11.2 Å². The van der Waals surface area contributed by atoms with Crippen molar-refractivity contribution in [3.05, 3.63) is 176 Å². The van der Waals surface area contributed by atoms with Crippen molar-refractivity contribution in [2.24, 2.45) is 0 Å². The highest BCUT2D eigenvalue weighted by Crippen LogP contribution is 2.43. The van der Waals surface area contributed by atoms with Crippen molar-refractivity contribution in [3.8, 4) is 28.3 Å². The van der Waals surface area contributed by atoms with Crippen LogP contribution in [-0.2, 0) is 0 Å². The summed E-state index contributed by atoms with van der Waals surface area (Å²) < 4.78 is 8.76. The van der Waals surface area contributed by atoms with E-state index in [9.17, 15) is 0 Å². The maximum Gasteiger partial charge on any atom is 0.235 e. The van der Waals surface area contributed by atoms with E-state index in [2.05, 4.69) is 180 Å². The highest BCUT2D eigenvalue weighted by Gasteiger charge is 2.23. The maximum absolute atomic E-state index is 6.43. The molecule has 0 aliphatic heterocycles. The van der Waals surface area contributed by atoms with E-state index in [1.165, 1.54) is 16.2 Å². The van der Waals surface area contributed by atoms with Crippen LogP contribution in [0.2, 0.25) is 0 Å². The highest BCUT2D eigenvalue weighted by atomic mass is 16.3. The summed E-state index contributed by atoms with van der Waals surface area (Å²) in [5, 5.41) is 12.5. The zero-order valence-electron chi connectivity index (χ0n) is 29.0. The van der Waals surface area contributed by atoms with Crippen LogP contribution in [0.4, 0.5) is 0 Å². The Hall–Kier alpha value is -7.30. The van der Waals surface area contributed by atoms with Gasteiger partial charge in [-0.25, -0.2) is 9.97 Å². The Morgan fingerprint density at radius 2 is 1.02 bits per heavy atom. The monoisotopic (exact) mass is 687 g/mol. The molecule has 0 unspecified atom stereocenters. The molecule has 0 bridgehead atoms. The van der Waals surface area contributed by atoms with E-state index in [-0.39, 0.29) is 0 Å². The number of benzene rings is 9. The normalized spacial score (nSPS) is 12.1. The summed E-state index contributed by atoms with van der Waals surface area (Å²) in [7, 11) is 0. The summed E-state index contributed by atoms with van der Waals surface area (Å²) in [5.41, 5.74) is 9.03. The van der Waals surface area contributed by atoms with Gasteiger partial charge in [-0.2, -0.15) is 0 Å². The summed E-state index contributed by atoms with van der Waals surface area (Å²) in [6, 6.07) is 62.5. The third-order valence-electron chi connectivity index (χ3n) is 11.2. The van der Waals surface area contributed by atoms with Crippen LogP contribution in [-0.4, -0.2) is 14.5 Å². The van der Waals surface area contributed by atoms with Gasteiger partial charge in [0.15, 0.2) is 0 Å². The first-order valence-corrected chi connectivity index (χ1v) is 18.3. The van der Waals surface area contributed by atoms with Crippen molar-refractivity contribution in [2.45, 2.75) is 0 Å². The van der Waals surface area contributed by atoms with Crippen LogP contribution in [0.5, 0.6) is 0 Å². The van der Waals surface area contributed by atoms with Crippen LogP contribution in [0.15, 0.2) is 180 Å². The van der Waals surface area contributed by atoms with Crippen molar-refractivity contribution in [2.75, 3.05) is 0 Å². The molecule has 3 heterocycles. The molecule has 0 radical (unpaired) electrons. The number of hydrogen-bond acceptors (Lipinski definition) is 3. The maximum atomic E-state index is 6.43. The second-order valence-corrected chi connectivity index (χ2v) is 14.1. The first-order valence-electron chi connectivity index (χ1n) is 18.3. The van der Waals surface area contributed by atoms with Gasteiger partial charge in [-0.1, -0.05) is 152 Å². The minimum absolute atomic E-state index is 0.641. The van der Waals surface area contributed by atoms with Gasteiger partial charge in [0.05, 0.1) is 22.2 Å². The second-order valence-electron chi connectivity index (χ2n) is 14.1. The molecule has 9 aromatic carbocycles. The number of hydrogen-bond donors (Lipinski definition) is 0. The van der Waals surface area contributed by atoms with Gasteiger partial charge >= 0.3 is 0 Å². The predicted molar refractivity (Wildman–Crippen MR) is 225 cm³/mol. The first kappa shape index (κ1) is 29.3. The van der Waals surface area contributed by atoms with Gasteiger partial charge < -0.3 is 4.42 Å². The lowest BCUT2D eigenvalue weighted by molar-refractivity contribution is 0.669. The molecule has 54 heavy (non-hydrogen) atoms. The number of rotatable bonds is 3. The van der Waals surface area contributed by atoms with E-state index in [0.717, 1.165) is 93.2 Å². The minimum atomic E-state index is 0.641.